The Morgan fingerprint density at radius 2 is 2.08 bits per heavy atom. The molecule has 1 saturated carbocycles. The second-order valence-corrected chi connectivity index (χ2v) is 8.66. The van der Waals surface area contributed by atoms with Gasteiger partial charge in [-0.1, -0.05) is 32.4 Å². The zero-order chi connectivity index (χ0) is 18.2. The summed E-state index contributed by atoms with van der Waals surface area (Å²) >= 11 is 0. The number of allylic oxidation sites excluding steroid dienone is 2. The van der Waals surface area contributed by atoms with Gasteiger partial charge in [-0.05, 0) is 85.5 Å². The first-order chi connectivity index (χ1) is 11.8. The molecule has 136 valence electrons. The highest BCUT2D eigenvalue weighted by Crippen LogP contribution is 2.61. The number of fused-ring (bicyclic) bond motifs is 1. The molecule has 3 nitrogen and oxygen atoms in total. The van der Waals surface area contributed by atoms with E-state index in [1.165, 1.54) is 19.3 Å². The van der Waals surface area contributed by atoms with Crippen LogP contribution < -0.4 is 5.32 Å². The Bertz CT molecular complexity index is 695. The van der Waals surface area contributed by atoms with Gasteiger partial charge in [-0.3, -0.25) is 4.79 Å². The normalized spacial score (nSPS) is 34.8. The molecule has 2 N–H and O–H groups in total. The minimum atomic E-state index is 0.139. The maximum atomic E-state index is 10.8. The van der Waals surface area contributed by atoms with Crippen LogP contribution in [0.15, 0.2) is 29.8 Å². The van der Waals surface area contributed by atoms with Gasteiger partial charge in [-0.2, -0.15) is 0 Å². The minimum absolute atomic E-state index is 0.139. The number of anilines is 1. The highest BCUT2D eigenvalue weighted by atomic mass is 16.3. The summed E-state index contributed by atoms with van der Waals surface area (Å²) in [6.07, 6.45) is 8.83. The summed E-state index contributed by atoms with van der Waals surface area (Å²) in [7, 11) is 0. The number of aromatic hydroxyl groups is 1. The Balaban J connectivity index is 1.98. The number of phenols is 1. The largest absolute Gasteiger partial charge is 0.508 e. The van der Waals surface area contributed by atoms with Crippen LogP contribution in [0.2, 0.25) is 0 Å². The SMILES string of the molecule is CC1=CCCC2C1(C)CCC(C)C2(C)Cc1cc(NC=O)ccc1O. The first-order valence-corrected chi connectivity index (χ1v) is 9.50. The number of rotatable bonds is 4. The van der Waals surface area contributed by atoms with Crippen molar-refractivity contribution in [1.29, 1.82) is 0 Å². The van der Waals surface area contributed by atoms with Crippen molar-refractivity contribution in [2.75, 3.05) is 5.32 Å². The predicted molar refractivity (Wildman–Crippen MR) is 103 cm³/mol. The molecule has 2 aliphatic carbocycles. The molecule has 4 atom stereocenters. The van der Waals surface area contributed by atoms with E-state index in [1.54, 1.807) is 17.7 Å². The summed E-state index contributed by atoms with van der Waals surface area (Å²) < 4.78 is 0. The predicted octanol–water partition coefficient (Wildman–Crippen LogP) is 5.30. The zero-order valence-electron chi connectivity index (χ0n) is 15.9. The monoisotopic (exact) mass is 341 g/mol. The molecule has 1 fully saturated rings. The number of phenolic OH excluding ortho intramolecular Hbond substituents is 1. The van der Waals surface area contributed by atoms with Crippen LogP contribution in [0.25, 0.3) is 0 Å². The van der Waals surface area contributed by atoms with Gasteiger partial charge in [0, 0.05) is 5.69 Å². The summed E-state index contributed by atoms with van der Waals surface area (Å²) in [5.41, 5.74) is 3.64. The summed E-state index contributed by atoms with van der Waals surface area (Å²) in [4.78, 5) is 10.8. The van der Waals surface area contributed by atoms with Crippen molar-refractivity contribution in [3.63, 3.8) is 0 Å². The van der Waals surface area contributed by atoms with Gasteiger partial charge in [-0.25, -0.2) is 0 Å². The van der Waals surface area contributed by atoms with E-state index in [4.69, 9.17) is 0 Å². The molecular weight excluding hydrogens is 310 g/mol. The number of nitrogens with one attached hydrogen (secondary N) is 1. The van der Waals surface area contributed by atoms with Gasteiger partial charge >= 0.3 is 0 Å². The van der Waals surface area contributed by atoms with Gasteiger partial charge in [0.15, 0.2) is 0 Å². The van der Waals surface area contributed by atoms with Crippen molar-refractivity contribution >= 4 is 12.1 Å². The molecule has 0 radical (unpaired) electrons. The number of hydrogen-bond acceptors (Lipinski definition) is 2. The van der Waals surface area contributed by atoms with E-state index in [0.717, 1.165) is 24.1 Å². The Morgan fingerprint density at radius 1 is 1.32 bits per heavy atom. The molecule has 0 aromatic heterocycles. The zero-order valence-corrected chi connectivity index (χ0v) is 15.9. The maximum Gasteiger partial charge on any atom is 0.211 e. The first-order valence-electron chi connectivity index (χ1n) is 9.50. The van der Waals surface area contributed by atoms with Crippen LogP contribution >= 0.6 is 0 Å². The Labute approximate surface area is 151 Å². The number of carbonyl (C=O) groups excluding carboxylic acids is 1. The topological polar surface area (TPSA) is 49.3 Å². The number of benzene rings is 1. The molecule has 1 aromatic rings. The average molecular weight is 341 g/mol. The van der Waals surface area contributed by atoms with Crippen LogP contribution in [0, 0.1) is 22.7 Å². The molecule has 3 rings (SSSR count). The van der Waals surface area contributed by atoms with Gasteiger partial charge in [-0.15, -0.1) is 0 Å². The van der Waals surface area contributed by atoms with Crippen LogP contribution in [0.1, 0.15) is 58.9 Å². The maximum absolute atomic E-state index is 10.8. The van der Waals surface area contributed by atoms with E-state index in [1.807, 2.05) is 6.07 Å². The molecule has 25 heavy (non-hydrogen) atoms. The molecule has 0 heterocycles. The molecule has 0 bridgehead atoms. The molecule has 1 aromatic carbocycles. The van der Waals surface area contributed by atoms with Crippen molar-refractivity contribution < 1.29 is 9.90 Å². The molecule has 4 unspecified atom stereocenters. The molecule has 2 aliphatic rings. The fourth-order valence-corrected chi connectivity index (χ4v) is 5.50. The van der Waals surface area contributed by atoms with Crippen LogP contribution in [0.5, 0.6) is 5.75 Å². The van der Waals surface area contributed by atoms with Crippen molar-refractivity contribution in [2.45, 2.75) is 59.8 Å². The average Bonchev–Trinajstić information content (AvgIpc) is 2.57. The summed E-state index contributed by atoms with van der Waals surface area (Å²) in [6.45, 7) is 9.53. The highest BCUT2D eigenvalue weighted by Gasteiger charge is 2.53. The smallest absolute Gasteiger partial charge is 0.211 e. The lowest BCUT2D eigenvalue weighted by Gasteiger charge is -2.58. The van der Waals surface area contributed by atoms with Crippen molar-refractivity contribution in [3.8, 4) is 5.75 Å². The van der Waals surface area contributed by atoms with Crippen molar-refractivity contribution in [3.05, 3.63) is 35.4 Å². The summed E-state index contributed by atoms with van der Waals surface area (Å²) in [6, 6.07) is 5.37. The second-order valence-electron chi connectivity index (χ2n) is 8.66. The van der Waals surface area contributed by atoms with Gasteiger partial charge < -0.3 is 10.4 Å². The molecule has 0 saturated heterocycles. The lowest BCUT2D eigenvalue weighted by molar-refractivity contribution is -0.105. The van der Waals surface area contributed by atoms with Crippen LogP contribution in [-0.4, -0.2) is 11.5 Å². The summed E-state index contributed by atoms with van der Waals surface area (Å²) in [5.74, 6) is 1.56. The third kappa shape index (κ3) is 2.98. The fraction of sp³-hybridized carbons (Fsp3) is 0.591. The van der Waals surface area contributed by atoms with E-state index in [9.17, 15) is 9.90 Å². The van der Waals surface area contributed by atoms with Gasteiger partial charge in [0.1, 0.15) is 5.75 Å². The Morgan fingerprint density at radius 3 is 2.80 bits per heavy atom. The second kappa shape index (κ2) is 6.51. The third-order valence-electron chi connectivity index (χ3n) is 7.47. The Kier molecular flexibility index (Phi) is 4.70. The molecular formula is C22H31NO2. The van der Waals surface area contributed by atoms with E-state index in [-0.39, 0.29) is 10.8 Å². The molecule has 3 heteroatoms. The third-order valence-corrected chi connectivity index (χ3v) is 7.47. The molecule has 1 amide bonds. The summed E-state index contributed by atoms with van der Waals surface area (Å²) in [5, 5.41) is 13.1. The quantitative estimate of drug-likeness (QED) is 0.443. The van der Waals surface area contributed by atoms with Gasteiger partial charge in [0.05, 0.1) is 0 Å². The minimum Gasteiger partial charge on any atom is -0.508 e. The van der Waals surface area contributed by atoms with E-state index < -0.39 is 0 Å². The molecule has 0 spiro atoms. The Hall–Kier alpha value is -1.77. The van der Waals surface area contributed by atoms with Gasteiger partial charge in [0.25, 0.3) is 0 Å². The van der Waals surface area contributed by atoms with Gasteiger partial charge in [0.2, 0.25) is 6.41 Å². The lowest BCUT2D eigenvalue weighted by Crippen LogP contribution is -2.50. The van der Waals surface area contributed by atoms with Crippen molar-refractivity contribution in [1.82, 2.24) is 0 Å². The highest BCUT2D eigenvalue weighted by molar-refractivity contribution is 5.72. The van der Waals surface area contributed by atoms with E-state index in [0.29, 0.717) is 24.0 Å². The van der Waals surface area contributed by atoms with E-state index in [2.05, 4.69) is 39.1 Å². The fourth-order valence-electron chi connectivity index (χ4n) is 5.50. The standard InChI is InChI=1S/C22H31NO2/c1-15-6-5-7-20-21(15,3)11-10-16(2)22(20,4)13-17-12-18(23-14-24)8-9-19(17)25/h6,8-9,12,14,16,20,25H,5,7,10-11,13H2,1-4H3,(H,23,24). The number of carbonyl (C=O) groups is 1. The number of amides is 1. The number of hydrogen-bond donors (Lipinski definition) is 2. The van der Waals surface area contributed by atoms with Crippen LogP contribution in [0.4, 0.5) is 5.69 Å². The molecule has 0 aliphatic heterocycles. The van der Waals surface area contributed by atoms with Crippen molar-refractivity contribution in [2.24, 2.45) is 22.7 Å². The van der Waals surface area contributed by atoms with Crippen LogP contribution in [-0.2, 0) is 11.2 Å². The lowest BCUT2D eigenvalue weighted by atomic mass is 9.47. The van der Waals surface area contributed by atoms with Crippen LogP contribution in [0.3, 0.4) is 0 Å². The van der Waals surface area contributed by atoms with E-state index >= 15 is 0 Å². The first kappa shape index (κ1) is 18.0.